The second kappa shape index (κ2) is 6.72. The second-order valence-electron chi connectivity index (χ2n) is 4.77. The molecule has 0 aliphatic heterocycles. The molecule has 0 spiro atoms. The van der Waals surface area contributed by atoms with E-state index in [2.05, 4.69) is 16.7 Å². The van der Waals surface area contributed by atoms with E-state index in [0.29, 0.717) is 6.54 Å². The lowest BCUT2D eigenvalue weighted by Gasteiger charge is -2.00. The highest BCUT2D eigenvalue weighted by Gasteiger charge is 2.09. The van der Waals surface area contributed by atoms with Gasteiger partial charge >= 0.3 is 0 Å². The predicted octanol–water partition coefficient (Wildman–Crippen LogP) is 4.23. The van der Waals surface area contributed by atoms with E-state index in [1.807, 2.05) is 52.2 Å². The van der Waals surface area contributed by atoms with Crippen molar-refractivity contribution in [3.63, 3.8) is 0 Å². The van der Waals surface area contributed by atoms with Crippen molar-refractivity contribution in [2.75, 3.05) is 6.54 Å². The van der Waals surface area contributed by atoms with Crippen LogP contribution in [-0.2, 0) is 0 Å². The van der Waals surface area contributed by atoms with Crippen molar-refractivity contribution in [3.8, 4) is 11.5 Å². The highest BCUT2D eigenvalue weighted by Crippen LogP contribution is 2.20. The molecule has 0 atom stereocenters. The Morgan fingerprint density at radius 1 is 1.41 bits per heavy atom. The summed E-state index contributed by atoms with van der Waals surface area (Å²) in [5, 5.41) is 10.6. The van der Waals surface area contributed by atoms with Gasteiger partial charge in [0.05, 0.1) is 19.0 Å². The van der Waals surface area contributed by atoms with E-state index >= 15 is 0 Å². The predicted molar refractivity (Wildman–Crippen MR) is 92.6 cm³/mol. The molecule has 3 heterocycles. The molecule has 0 radical (unpaired) electrons. The second-order valence-corrected chi connectivity index (χ2v) is 6.38. The number of thiophene rings is 1. The highest BCUT2D eigenvalue weighted by molar-refractivity contribution is 7.08. The Hall–Kier alpha value is -2.18. The monoisotopic (exact) mass is 329 g/mol. The molecule has 0 fully saturated rings. The Morgan fingerprint density at radius 3 is 3.00 bits per heavy atom. The van der Waals surface area contributed by atoms with Crippen LogP contribution in [0.5, 0.6) is 0 Å². The molecule has 3 rings (SSSR count). The number of hydrogen-bond donors (Lipinski definition) is 0. The van der Waals surface area contributed by atoms with Crippen LogP contribution in [0.4, 0.5) is 0 Å². The molecule has 0 bridgehead atoms. The first kappa shape index (κ1) is 14.7. The molecule has 4 nitrogen and oxygen atoms in total. The lowest BCUT2D eigenvalue weighted by atomic mass is 10.3. The summed E-state index contributed by atoms with van der Waals surface area (Å²) >= 11 is 3.18. The zero-order chi connectivity index (χ0) is 15.4. The molecule has 6 heteroatoms. The fraction of sp³-hybridized carbons (Fsp3) is 0.125. The van der Waals surface area contributed by atoms with E-state index in [-0.39, 0.29) is 0 Å². The van der Waals surface area contributed by atoms with Gasteiger partial charge in [0.1, 0.15) is 5.69 Å². The third-order valence-corrected chi connectivity index (χ3v) is 4.36. The number of hydrogen-bond acceptors (Lipinski definition) is 5. The van der Waals surface area contributed by atoms with Crippen LogP contribution in [0, 0.1) is 0 Å². The lowest BCUT2D eigenvalue weighted by molar-refractivity contribution is 0.575. The number of nitrogens with zero attached hydrogens (tertiary/aromatic N) is 3. The zero-order valence-electron chi connectivity index (χ0n) is 12.1. The molecular formula is C16H15N3OS2. The van der Waals surface area contributed by atoms with Crippen molar-refractivity contribution in [1.29, 1.82) is 0 Å². The fourth-order valence-corrected chi connectivity index (χ4v) is 3.22. The van der Waals surface area contributed by atoms with Crippen LogP contribution in [0.15, 0.2) is 67.3 Å². The molecule has 0 aliphatic rings. The summed E-state index contributed by atoms with van der Waals surface area (Å²) in [6.45, 7) is 6.44. The summed E-state index contributed by atoms with van der Waals surface area (Å²) < 4.78 is 7.30. The first-order valence-corrected chi connectivity index (χ1v) is 8.52. The van der Waals surface area contributed by atoms with E-state index < -0.39 is 0 Å². The van der Waals surface area contributed by atoms with Gasteiger partial charge in [-0.25, -0.2) is 4.68 Å². The smallest absolute Gasteiger partial charge is 0.206 e. The molecule has 0 saturated carbocycles. The van der Waals surface area contributed by atoms with E-state index in [0.717, 1.165) is 27.4 Å². The van der Waals surface area contributed by atoms with Crippen LogP contribution < -0.4 is 4.80 Å². The molecule has 0 unspecified atom stereocenters. The molecule has 0 aromatic carbocycles. The van der Waals surface area contributed by atoms with Crippen LogP contribution in [0.3, 0.4) is 0 Å². The van der Waals surface area contributed by atoms with Gasteiger partial charge < -0.3 is 4.42 Å². The Kier molecular flexibility index (Phi) is 4.50. The zero-order valence-corrected chi connectivity index (χ0v) is 13.7. The summed E-state index contributed by atoms with van der Waals surface area (Å²) in [7, 11) is 0. The minimum atomic E-state index is 0.589. The maximum absolute atomic E-state index is 5.49. The topological polar surface area (TPSA) is 42.8 Å². The maximum atomic E-state index is 5.49. The van der Waals surface area contributed by atoms with Crippen molar-refractivity contribution in [3.05, 3.63) is 63.1 Å². The molecule has 0 N–H and O–H groups in total. The Morgan fingerprint density at radius 2 is 2.32 bits per heavy atom. The Balaban J connectivity index is 2.05. The quantitative estimate of drug-likeness (QED) is 0.510. The minimum absolute atomic E-state index is 0.589. The van der Waals surface area contributed by atoms with Crippen LogP contribution in [0.1, 0.15) is 12.5 Å². The van der Waals surface area contributed by atoms with Crippen molar-refractivity contribution >= 4 is 28.9 Å². The number of aromatic nitrogens is 1. The van der Waals surface area contributed by atoms with E-state index in [1.165, 1.54) is 11.3 Å². The van der Waals surface area contributed by atoms with Gasteiger partial charge in [-0.1, -0.05) is 12.2 Å². The SMILES string of the molecule is C=C(C)CN=c1scc(-c2ccco2)n1N=Cc1ccsc1. The number of furan rings is 1. The molecular weight excluding hydrogens is 314 g/mol. The first-order valence-electron chi connectivity index (χ1n) is 6.70. The summed E-state index contributed by atoms with van der Waals surface area (Å²) in [6.07, 6.45) is 3.49. The average molecular weight is 329 g/mol. The summed E-state index contributed by atoms with van der Waals surface area (Å²) in [6, 6.07) is 5.81. The molecule has 0 aliphatic carbocycles. The molecule has 0 amide bonds. The Labute approximate surface area is 136 Å². The Bertz CT molecular complexity index is 836. The largest absolute Gasteiger partial charge is 0.463 e. The van der Waals surface area contributed by atoms with Gasteiger partial charge in [0, 0.05) is 10.9 Å². The van der Waals surface area contributed by atoms with Gasteiger partial charge in [-0.3, -0.25) is 4.99 Å². The van der Waals surface area contributed by atoms with Crippen LogP contribution in [-0.4, -0.2) is 17.4 Å². The molecule has 3 aromatic heterocycles. The summed E-state index contributed by atoms with van der Waals surface area (Å²) in [5.41, 5.74) is 2.98. The standard InChI is InChI=1S/C16H15N3OS2/c1-12(2)8-17-16-19(18-9-13-5-7-21-10-13)14(11-22-16)15-4-3-6-20-15/h3-7,9-11H,1,8H2,2H3. The van der Waals surface area contributed by atoms with Crippen LogP contribution >= 0.6 is 22.7 Å². The minimum Gasteiger partial charge on any atom is -0.463 e. The van der Waals surface area contributed by atoms with Gasteiger partial charge in [0.25, 0.3) is 0 Å². The molecule has 22 heavy (non-hydrogen) atoms. The van der Waals surface area contributed by atoms with Crippen molar-refractivity contribution < 1.29 is 4.42 Å². The van der Waals surface area contributed by atoms with Gasteiger partial charge in [-0.15, -0.1) is 11.3 Å². The average Bonchev–Trinajstić information content (AvgIpc) is 3.23. The maximum Gasteiger partial charge on any atom is 0.206 e. The third-order valence-electron chi connectivity index (χ3n) is 2.81. The van der Waals surface area contributed by atoms with E-state index in [1.54, 1.807) is 17.6 Å². The third kappa shape index (κ3) is 3.35. The summed E-state index contributed by atoms with van der Waals surface area (Å²) in [5.74, 6) is 0.774. The number of thiazole rings is 1. The first-order chi connectivity index (χ1) is 10.7. The van der Waals surface area contributed by atoms with Crippen LogP contribution in [0.2, 0.25) is 0 Å². The van der Waals surface area contributed by atoms with Crippen molar-refractivity contribution in [2.45, 2.75) is 6.92 Å². The molecule has 0 saturated heterocycles. The normalized spacial score (nSPS) is 12.3. The van der Waals surface area contributed by atoms with Gasteiger partial charge in [0.2, 0.25) is 4.80 Å². The molecule has 112 valence electrons. The highest BCUT2D eigenvalue weighted by atomic mass is 32.1. The van der Waals surface area contributed by atoms with Crippen molar-refractivity contribution in [1.82, 2.24) is 4.68 Å². The molecule has 3 aromatic rings. The van der Waals surface area contributed by atoms with Gasteiger partial charge in [-0.05, 0) is 35.9 Å². The lowest BCUT2D eigenvalue weighted by Crippen LogP contribution is -2.12. The van der Waals surface area contributed by atoms with Crippen LogP contribution in [0.25, 0.3) is 11.5 Å². The van der Waals surface area contributed by atoms with E-state index in [9.17, 15) is 0 Å². The summed E-state index contributed by atoms with van der Waals surface area (Å²) in [4.78, 5) is 5.39. The van der Waals surface area contributed by atoms with Crippen molar-refractivity contribution in [2.24, 2.45) is 10.1 Å². The van der Waals surface area contributed by atoms with Gasteiger partial charge in [0.15, 0.2) is 5.76 Å². The number of rotatable bonds is 5. The van der Waals surface area contributed by atoms with Gasteiger partial charge in [-0.2, -0.15) is 16.4 Å². The van der Waals surface area contributed by atoms with E-state index in [4.69, 9.17) is 4.42 Å². The fourth-order valence-electron chi connectivity index (χ4n) is 1.79.